The first-order valence-electron chi connectivity index (χ1n) is 6.89. The highest BCUT2D eigenvalue weighted by Gasteiger charge is 2.34. The van der Waals surface area contributed by atoms with E-state index >= 15 is 0 Å². The van der Waals surface area contributed by atoms with Gasteiger partial charge in [-0.1, -0.05) is 5.16 Å². The lowest BCUT2D eigenvalue weighted by atomic mass is 9.98. The number of nitrogens with zero attached hydrogens (tertiary/aromatic N) is 5. The molecule has 9 heteroatoms. The van der Waals surface area contributed by atoms with Gasteiger partial charge in [0.2, 0.25) is 11.8 Å². The molecule has 3 rings (SSSR count). The van der Waals surface area contributed by atoms with E-state index in [0.717, 1.165) is 25.1 Å². The molecule has 0 N–H and O–H groups in total. The Balaban J connectivity index is 1.80. The topological polar surface area (TPSA) is 67.9 Å². The summed E-state index contributed by atoms with van der Waals surface area (Å²) >= 11 is 0. The summed E-state index contributed by atoms with van der Waals surface area (Å²) in [7, 11) is 0. The number of aromatic nitrogens is 4. The van der Waals surface area contributed by atoms with Crippen molar-refractivity contribution in [3.63, 3.8) is 0 Å². The van der Waals surface area contributed by atoms with Gasteiger partial charge in [-0.2, -0.15) is 18.2 Å². The Kier molecular flexibility index (Phi) is 3.71. The predicted octanol–water partition coefficient (Wildman–Crippen LogP) is 2.57. The van der Waals surface area contributed by atoms with Crippen LogP contribution in [-0.4, -0.2) is 33.2 Å². The van der Waals surface area contributed by atoms with Crippen LogP contribution in [0.5, 0.6) is 0 Å². The lowest BCUT2D eigenvalue weighted by molar-refractivity contribution is -0.141. The highest BCUT2D eigenvalue weighted by molar-refractivity contribution is 5.32. The van der Waals surface area contributed by atoms with Gasteiger partial charge >= 0.3 is 6.18 Å². The SMILES string of the molecule is Cc1nc([C@H]2CCCN(c3nccc(C(F)(F)F)n3)C2)no1. The van der Waals surface area contributed by atoms with Gasteiger partial charge in [-0.25, -0.2) is 9.97 Å². The molecule has 0 bridgehead atoms. The molecule has 1 fully saturated rings. The lowest BCUT2D eigenvalue weighted by Gasteiger charge is -2.31. The molecular formula is C13H14F3N5O. The number of anilines is 1. The Morgan fingerprint density at radius 1 is 1.32 bits per heavy atom. The van der Waals surface area contributed by atoms with Gasteiger partial charge in [0.1, 0.15) is 5.69 Å². The van der Waals surface area contributed by atoms with Crippen LogP contribution in [0, 0.1) is 6.92 Å². The van der Waals surface area contributed by atoms with Gasteiger partial charge in [-0.15, -0.1) is 0 Å². The lowest BCUT2D eigenvalue weighted by Crippen LogP contribution is -2.36. The molecule has 0 aliphatic carbocycles. The smallest absolute Gasteiger partial charge is 0.340 e. The van der Waals surface area contributed by atoms with Crippen LogP contribution in [0.15, 0.2) is 16.8 Å². The van der Waals surface area contributed by atoms with Crippen LogP contribution in [0.4, 0.5) is 19.1 Å². The molecule has 0 amide bonds. The Morgan fingerprint density at radius 2 is 2.14 bits per heavy atom. The second kappa shape index (κ2) is 5.54. The average molecular weight is 313 g/mol. The van der Waals surface area contributed by atoms with Gasteiger partial charge in [0.05, 0.1) is 0 Å². The highest BCUT2D eigenvalue weighted by atomic mass is 19.4. The average Bonchev–Trinajstić information content (AvgIpc) is 2.93. The minimum Gasteiger partial charge on any atom is -0.340 e. The van der Waals surface area contributed by atoms with Gasteiger partial charge in [0, 0.05) is 32.1 Å². The summed E-state index contributed by atoms with van der Waals surface area (Å²) in [6.45, 7) is 2.78. The van der Waals surface area contributed by atoms with E-state index in [1.807, 2.05) is 0 Å². The molecule has 0 radical (unpaired) electrons. The van der Waals surface area contributed by atoms with E-state index in [-0.39, 0.29) is 11.9 Å². The zero-order valence-corrected chi connectivity index (χ0v) is 11.8. The van der Waals surface area contributed by atoms with Crippen LogP contribution in [0.3, 0.4) is 0 Å². The van der Waals surface area contributed by atoms with E-state index < -0.39 is 11.9 Å². The number of aryl methyl sites for hydroxylation is 1. The number of halogens is 3. The van der Waals surface area contributed by atoms with Crippen molar-refractivity contribution in [3.05, 3.63) is 29.7 Å². The van der Waals surface area contributed by atoms with E-state index in [1.165, 1.54) is 0 Å². The number of piperidine rings is 1. The van der Waals surface area contributed by atoms with Crippen molar-refractivity contribution in [2.75, 3.05) is 18.0 Å². The Morgan fingerprint density at radius 3 is 2.82 bits per heavy atom. The maximum absolute atomic E-state index is 12.7. The van der Waals surface area contributed by atoms with Crippen molar-refractivity contribution in [3.8, 4) is 0 Å². The molecule has 2 aromatic heterocycles. The minimum atomic E-state index is -4.47. The third-order valence-corrected chi connectivity index (χ3v) is 3.55. The maximum Gasteiger partial charge on any atom is 0.433 e. The fraction of sp³-hybridized carbons (Fsp3) is 0.538. The van der Waals surface area contributed by atoms with Crippen molar-refractivity contribution >= 4 is 5.95 Å². The molecule has 0 unspecified atom stereocenters. The van der Waals surface area contributed by atoms with Crippen LogP contribution in [0.2, 0.25) is 0 Å². The minimum absolute atomic E-state index is 0.00402. The van der Waals surface area contributed by atoms with Crippen LogP contribution >= 0.6 is 0 Å². The molecule has 0 spiro atoms. The molecule has 118 valence electrons. The van der Waals surface area contributed by atoms with Crippen molar-refractivity contribution in [2.45, 2.75) is 31.9 Å². The highest BCUT2D eigenvalue weighted by Crippen LogP contribution is 2.30. The van der Waals surface area contributed by atoms with Crippen molar-refractivity contribution < 1.29 is 17.7 Å². The molecule has 1 saturated heterocycles. The molecule has 1 aliphatic heterocycles. The first-order chi connectivity index (χ1) is 10.4. The fourth-order valence-corrected chi connectivity index (χ4v) is 2.51. The van der Waals surface area contributed by atoms with Crippen molar-refractivity contribution in [1.82, 2.24) is 20.1 Å². The van der Waals surface area contributed by atoms with Crippen LogP contribution in [-0.2, 0) is 6.18 Å². The van der Waals surface area contributed by atoms with E-state index in [0.29, 0.717) is 24.8 Å². The largest absolute Gasteiger partial charge is 0.433 e. The quantitative estimate of drug-likeness (QED) is 0.849. The molecule has 1 aliphatic rings. The van der Waals surface area contributed by atoms with Gasteiger partial charge < -0.3 is 9.42 Å². The zero-order chi connectivity index (χ0) is 15.7. The normalized spacial score (nSPS) is 19.5. The Labute approximate surface area is 124 Å². The summed E-state index contributed by atoms with van der Waals surface area (Å²) in [6, 6.07) is 0.869. The third-order valence-electron chi connectivity index (χ3n) is 3.55. The Bertz CT molecular complexity index is 657. The molecule has 2 aromatic rings. The summed E-state index contributed by atoms with van der Waals surface area (Å²) in [5.41, 5.74) is -0.935. The summed E-state index contributed by atoms with van der Waals surface area (Å²) < 4.78 is 43.2. The van der Waals surface area contributed by atoms with Crippen LogP contribution in [0.1, 0.15) is 36.2 Å². The second-order valence-corrected chi connectivity index (χ2v) is 5.20. The van der Waals surface area contributed by atoms with Crippen LogP contribution in [0.25, 0.3) is 0 Å². The number of rotatable bonds is 2. The summed E-state index contributed by atoms with van der Waals surface area (Å²) in [4.78, 5) is 13.5. The van der Waals surface area contributed by atoms with E-state index in [1.54, 1.807) is 11.8 Å². The second-order valence-electron chi connectivity index (χ2n) is 5.20. The number of hydrogen-bond donors (Lipinski definition) is 0. The monoisotopic (exact) mass is 313 g/mol. The molecule has 0 aromatic carbocycles. The van der Waals surface area contributed by atoms with Gasteiger partial charge in [0.15, 0.2) is 5.82 Å². The molecule has 6 nitrogen and oxygen atoms in total. The molecular weight excluding hydrogens is 299 g/mol. The van der Waals surface area contributed by atoms with Crippen molar-refractivity contribution in [2.24, 2.45) is 0 Å². The van der Waals surface area contributed by atoms with E-state index in [2.05, 4.69) is 20.1 Å². The summed E-state index contributed by atoms with van der Waals surface area (Å²) in [6.07, 6.45) is -1.68. The van der Waals surface area contributed by atoms with Gasteiger partial charge in [-0.3, -0.25) is 0 Å². The molecule has 22 heavy (non-hydrogen) atoms. The Hall–Kier alpha value is -2.19. The van der Waals surface area contributed by atoms with Crippen LogP contribution < -0.4 is 4.90 Å². The number of hydrogen-bond acceptors (Lipinski definition) is 6. The maximum atomic E-state index is 12.7. The summed E-state index contributed by atoms with van der Waals surface area (Å²) in [5.74, 6) is 1.14. The van der Waals surface area contributed by atoms with Gasteiger partial charge in [0.25, 0.3) is 0 Å². The molecule has 3 heterocycles. The summed E-state index contributed by atoms with van der Waals surface area (Å²) in [5, 5.41) is 3.89. The van der Waals surface area contributed by atoms with Crippen molar-refractivity contribution in [1.29, 1.82) is 0 Å². The van der Waals surface area contributed by atoms with E-state index in [9.17, 15) is 13.2 Å². The standard InChI is InChI=1S/C13H14F3N5O/c1-8-18-11(20-22-8)9-3-2-6-21(7-9)12-17-5-4-10(19-12)13(14,15)16/h4-5,9H,2-3,6-7H2,1H3/t9-/m0/s1. The van der Waals surface area contributed by atoms with Gasteiger partial charge in [-0.05, 0) is 18.9 Å². The van der Waals surface area contributed by atoms with E-state index in [4.69, 9.17) is 4.52 Å². The zero-order valence-electron chi connectivity index (χ0n) is 11.8. The number of alkyl halides is 3. The molecule has 0 saturated carbocycles. The first-order valence-corrected chi connectivity index (χ1v) is 6.89. The first kappa shape index (κ1) is 14.7. The third kappa shape index (κ3) is 3.02. The molecule has 1 atom stereocenters. The predicted molar refractivity (Wildman–Crippen MR) is 70.3 cm³/mol. The fourth-order valence-electron chi connectivity index (χ4n) is 2.51.